The highest BCUT2D eigenvalue weighted by molar-refractivity contribution is 9.10. The predicted molar refractivity (Wildman–Crippen MR) is 82.4 cm³/mol. The van der Waals surface area contributed by atoms with Crippen LogP contribution in [0.4, 0.5) is 0 Å². The maximum absolute atomic E-state index is 6.11. The molecule has 4 nitrogen and oxygen atoms in total. The van der Waals surface area contributed by atoms with Crippen molar-refractivity contribution in [2.24, 2.45) is 7.05 Å². The van der Waals surface area contributed by atoms with Gasteiger partial charge in [0.2, 0.25) is 0 Å². The highest BCUT2D eigenvalue weighted by Crippen LogP contribution is 2.25. The normalized spacial score (nSPS) is 10.8. The van der Waals surface area contributed by atoms with E-state index in [1.807, 2.05) is 37.5 Å². The summed E-state index contributed by atoms with van der Waals surface area (Å²) < 4.78 is 2.70. The number of nitrogens with zero attached hydrogens (tertiary/aromatic N) is 4. The average Bonchev–Trinajstić information content (AvgIpc) is 2.85. The minimum absolute atomic E-state index is 0.411. The molecule has 0 amide bonds. The van der Waals surface area contributed by atoms with Crippen molar-refractivity contribution < 1.29 is 0 Å². The van der Waals surface area contributed by atoms with Crippen molar-refractivity contribution in [3.8, 4) is 22.6 Å². The number of hydrogen-bond donors (Lipinski definition) is 0. The van der Waals surface area contributed by atoms with E-state index in [0.29, 0.717) is 11.0 Å². The Kier molecular flexibility index (Phi) is 3.54. The fourth-order valence-corrected chi connectivity index (χ4v) is 2.46. The summed E-state index contributed by atoms with van der Waals surface area (Å²) in [6, 6.07) is 9.53. The lowest BCUT2D eigenvalue weighted by atomic mass is 10.2. The average molecular weight is 350 g/mol. The molecule has 0 N–H and O–H groups in total. The lowest BCUT2D eigenvalue weighted by Crippen LogP contribution is -1.92. The summed E-state index contributed by atoms with van der Waals surface area (Å²) in [4.78, 5) is 8.84. The molecule has 0 saturated heterocycles. The summed E-state index contributed by atoms with van der Waals surface area (Å²) >= 11 is 9.55. The minimum atomic E-state index is 0.411. The molecule has 0 atom stereocenters. The predicted octanol–water partition coefficient (Wildman–Crippen LogP) is 3.96. The van der Waals surface area contributed by atoms with Crippen LogP contribution in [0.5, 0.6) is 0 Å². The Balaban J connectivity index is 2.11. The number of aromatic nitrogens is 4. The molecule has 0 bridgehead atoms. The monoisotopic (exact) mass is 348 g/mol. The van der Waals surface area contributed by atoms with Crippen molar-refractivity contribution in [1.82, 2.24) is 19.7 Å². The van der Waals surface area contributed by atoms with Crippen LogP contribution >= 0.6 is 27.5 Å². The van der Waals surface area contributed by atoms with Gasteiger partial charge in [0, 0.05) is 34.9 Å². The second-order valence-electron chi connectivity index (χ2n) is 4.31. The zero-order valence-corrected chi connectivity index (χ0v) is 12.9. The lowest BCUT2D eigenvalue weighted by Gasteiger charge is -2.04. The van der Waals surface area contributed by atoms with Crippen molar-refractivity contribution >= 4 is 27.5 Å². The summed E-state index contributed by atoms with van der Waals surface area (Å²) in [5, 5.41) is 4.56. The van der Waals surface area contributed by atoms with E-state index < -0.39 is 0 Å². The van der Waals surface area contributed by atoms with E-state index in [1.54, 1.807) is 16.9 Å². The van der Waals surface area contributed by atoms with Crippen LogP contribution in [-0.2, 0) is 7.05 Å². The molecule has 0 aliphatic rings. The SMILES string of the molecule is Cn1cc(-c2cc(Cl)nc(-c3cccc(Br)c3)n2)cn1. The van der Waals surface area contributed by atoms with Gasteiger partial charge in [-0.2, -0.15) is 5.10 Å². The first-order valence-electron chi connectivity index (χ1n) is 5.91. The van der Waals surface area contributed by atoms with Gasteiger partial charge >= 0.3 is 0 Å². The highest BCUT2D eigenvalue weighted by Gasteiger charge is 2.09. The van der Waals surface area contributed by atoms with E-state index in [9.17, 15) is 0 Å². The quantitative estimate of drug-likeness (QED) is 0.658. The highest BCUT2D eigenvalue weighted by atomic mass is 79.9. The Morgan fingerprint density at radius 1 is 1.15 bits per heavy atom. The molecule has 2 heterocycles. The molecule has 0 spiro atoms. The van der Waals surface area contributed by atoms with Crippen molar-refractivity contribution in [1.29, 1.82) is 0 Å². The maximum Gasteiger partial charge on any atom is 0.161 e. The van der Waals surface area contributed by atoms with Gasteiger partial charge in [-0.25, -0.2) is 9.97 Å². The molecule has 0 saturated carbocycles. The topological polar surface area (TPSA) is 43.6 Å². The van der Waals surface area contributed by atoms with Gasteiger partial charge in [-0.05, 0) is 12.1 Å². The molecule has 6 heteroatoms. The number of benzene rings is 1. The zero-order chi connectivity index (χ0) is 14.1. The molecular formula is C14H10BrClN4. The smallest absolute Gasteiger partial charge is 0.161 e. The van der Waals surface area contributed by atoms with Crippen molar-refractivity contribution in [2.45, 2.75) is 0 Å². The van der Waals surface area contributed by atoms with Crippen LogP contribution in [0, 0.1) is 0 Å². The molecule has 20 heavy (non-hydrogen) atoms. The van der Waals surface area contributed by atoms with Crippen molar-refractivity contribution in [3.63, 3.8) is 0 Å². The summed E-state index contributed by atoms with van der Waals surface area (Å²) in [6.45, 7) is 0. The number of rotatable bonds is 2. The molecule has 0 aliphatic carbocycles. The maximum atomic E-state index is 6.11. The first kappa shape index (κ1) is 13.3. The second kappa shape index (κ2) is 5.34. The van der Waals surface area contributed by atoms with Crippen LogP contribution in [0.2, 0.25) is 5.15 Å². The van der Waals surface area contributed by atoms with Gasteiger partial charge in [-0.3, -0.25) is 4.68 Å². The number of halogens is 2. The third-order valence-corrected chi connectivity index (χ3v) is 3.47. The largest absolute Gasteiger partial charge is 0.275 e. The first-order valence-corrected chi connectivity index (χ1v) is 7.08. The van der Waals surface area contributed by atoms with Crippen LogP contribution in [0.15, 0.2) is 47.2 Å². The van der Waals surface area contributed by atoms with E-state index in [-0.39, 0.29) is 0 Å². The second-order valence-corrected chi connectivity index (χ2v) is 5.62. The van der Waals surface area contributed by atoms with Crippen LogP contribution in [0.3, 0.4) is 0 Å². The van der Waals surface area contributed by atoms with Gasteiger partial charge < -0.3 is 0 Å². The Hall–Kier alpha value is -1.72. The minimum Gasteiger partial charge on any atom is -0.275 e. The van der Waals surface area contributed by atoms with Crippen LogP contribution in [0.1, 0.15) is 0 Å². The van der Waals surface area contributed by atoms with Gasteiger partial charge in [0.05, 0.1) is 11.9 Å². The summed E-state index contributed by atoms with van der Waals surface area (Å²) in [7, 11) is 1.86. The molecular weight excluding hydrogens is 340 g/mol. The summed E-state index contributed by atoms with van der Waals surface area (Å²) in [5.41, 5.74) is 2.58. The molecule has 100 valence electrons. The third kappa shape index (κ3) is 2.73. The van der Waals surface area contributed by atoms with Crippen LogP contribution < -0.4 is 0 Å². The molecule has 2 aromatic heterocycles. The van der Waals surface area contributed by atoms with E-state index in [1.165, 1.54) is 0 Å². The third-order valence-electron chi connectivity index (χ3n) is 2.78. The summed E-state index contributed by atoms with van der Waals surface area (Å²) in [6.07, 6.45) is 3.65. The summed E-state index contributed by atoms with van der Waals surface area (Å²) in [5.74, 6) is 0.595. The molecule has 0 radical (unpaired) electrons. The Morgan fingerprint density at radius 2 is 2.00 bits per heavy atom. The molecule has 0 aliphatic heterocycles. The van der Waals surface area contributed by atoms with Gasteiger partial charge in [0.25, 0.3) is 0 Å². The molecule has 1 aromatic carbocycles. The first-order chi connectivity index (χ1) is 9.61. The van der Waals surface area contributed by atoms with E-state index >= 15 is 0 Å². The Labute approximate surface area is 129 Å². The number of aryl methyl sites for hydroxylation is 1. The van der Waals surface area contributed by atoms with Crippen molar-refractivity contribution in [2.75, 3.05) is 0 Å². The van der Waals surface area contributed by atoms with Gasteiger partial charge in [-0.1, -0.05) is 39.7 Å². The Morgan fingerprint density at radius 3 is 2.70 bits per heavy atom. The molecule has 0 unspecified atom stereocenters. The van der Waals surface area contributed by atoms with Crippen LogP contribution in [0.25, 0.3) is 22.6 Å². The molecule has 0 fully saturated rings. The standard InChI is InChI=1S/C14H10BrClN4/c1-20-8-10(7-17-20)12-6-13(16)19-14(18-12)9-3-2-4-11(15)5-9/h2-8H,1H3. The Bertz CT molecular complexity index is 769. The molecule has 3 rings (SSSR count). The van der Waals surface area contributed by atoms with E-state index in [0.717, 1.165) is 21.3 Å². The lowest BCUT2D eigenvalue weighted by molar-refractivity contribution is 0.768. The molecule has 3 aromatic rings. The number of hydrogen-bond acceptors (Lipinski definition) is 3. The van der Waals surface area contributed by atoms with E-state index in [2.05, 4.69) is 31.0 Å². The fraction of sp³-hybridized carbons (Fsp3) is 0.0714. The van der Waals surface area contributed by atoms with Crippen molar-refractivity contribution in [3.05, 3.63) is 52.4 Å². The van der Waals surface area contributed by atoms with Crippen LogP contribution in [-0.4, -0.2) is 19.7 Å². The van der Waals surface area contributed by atoms with E-state index in [4.69, 9.17) is 11.6 Å². The van der Waals surface area contributed by atoms with Gasteiger partial charge in [0.15, 0.2) is 5.82 Å². The zero-order valence-electron chi connectivity index (χ0n) is 10.6. The van der Waals surface area contributed by atoms with Gasteiger partial charge in [0.1, 0.15) is 5.15 Å². The van der Waals surface area contributed by atoms with Gasteiger partial charge in [-0.15, -0.1) is 0 Å². The fourth-order valence-electron chi connectivity index (χ4n) is 1.88.